The fourth-order valence-corrected chi connectivity index (χ4v) is 4.01. The van der Waals surface area contributed by atoms with E-state index in [1.54, 1.807) is 29.8 Å². The topological polar surface area (TPSA) is 95.3 Å². The highest BCUT2D eigenvalue weighted by Gasteiger charge is 2.16. The molecule has 6 nitrogen and oxygen atoms in total. The Morgan fingerprint density at radius 2 is 2.15 bits per heavy atom. The number of amides is 1. The molecule has 1 amide bonds. The maximum absolute atomic E-state index is 12.3. The Morgan fingerprint density at radius 1 is 1.35 bits per heavy atom. The van der Waals surface area contributed by atoms with Crippen molar-refractivity contribution < 1.29 is 15.0 Å². The highest BCUT2D eigenvalue weighted by molar-refractivity contribution is 7.18. The quantitative estimate of drug-likeness (QED) is 0.618. The van der Waals surface area contributed by atoms with Crippen molar-refractivity contribution in [1.82, 2.24) is 15.3 Å². The average Bonchev–Trinajstić information content (AvgIpc) is 3.00. The molecule has 0 aliphatic carbocycles. The molecule has 0 aliphatic rings. The lowest BCUT2D eigenvalue weighted by atomic mass is 10.0. The van der Waals surface area contributed by atoms with Gasteiger partial charge in [-0.05, 0) is 31.0 Å². The van der Waals surface area contributed by atoms with E-state index in [1.807, 2.05) is 12.1 Å². The van der Waals surface area contributed by atoms with Crippen molar-refractivity contribution in [2.75, 3.05) is 13.2 Å². The van der Waals surface area contributed by atoms with E-state index < -0.39 is 12.7 Å². The highest BCUT2D eigenvalue weighted by Crippen LogP contribution is 2.35. The summed E-state index contributed by atoms with van der Waals surface area (Å²) >= 11 is 1.65. The molecule has 0 fully saturated rings. The maximum Gasteiger partial charge on any atom is 0.251 e. The number of aliphatic hydroxyl groups is 2. The molecule has 3 aromatic rings. The number of carbonyl (C=O) groups is 1. The van der Waals surface area contributed by atoms with E-state index in [4.69, 9.17) is 5.11 Å². The first-order valence-electron chi connectivity index (χ1n) is 8.45. The zero-order valence-electron chi connectivity index (χ0n) is 14.7. The van der Waals surface area contributed by atoms with Gasteiger partial charge in [0, 0.05) is 27.9 Å². The summed E-state index contributed by atoms with van der Waals surface area (Å²) < 4.78 is 0. The van der Waals surface area contributed by atoms with Crippen LogP contribution in [0, 0.1) is 6.92 Å². The molecular weight excluding hydrogens is 350 g/mol. The molecule has 0 saturated carbocycles. The second-order valence-electron chi connectivity index (χ2n) is 6.02. The SMILES string of the molecule is CCc1c(C)sc2ncnc(-c3cccc(C(=O)NCC(O)CO)c3)c12. The van der Waals surface area contributed by atoms with Crippen molar-refractivity contribution in [3.05, 3.63) is 46.6 Å². The van der Waals surface area contributed by atoms with Gasteiger partial charge in [0.1, 0.15) is 11.2 Å². The molecule has 0 saturated heterocycles. The van der Waals surface area contributed by atoms with Gasteiger partial charge in [0.25, 0.3) is 5.91 Å². The molecule has 3 N–H and O–H groups in total. The minimum absolute atomic E-state index is 0.00101. The number of thiophene rings is 1. The van der Waals surface area contributed by atoms with Gasteiger partial charge >= 0.3 is 0 Å². The number of hydrogen-bond donors (Lipinski definition) is 3. The number of aromatic nitrogens is 2. The number of nitrogens with one attached hydrogen (secondary N) is 1. The van der Waals surface area contributed by atoms with E-state index in [2.05, 4.69) is 29.1 Å². The summed E-state index contributed by atoms with van der Waals surface area (Å²) in [5.41, 5.74) is 3.38. The first-order chi connectivity index (χ1) is 12.5. The van der Waals surface area contributed by atoms with E-state index in [0.29, 0.717) is 5.56 Å². The Morgan fingerprint density at radius 3 is 2.88 bits per heavy atom. The molecule has 2 aromatic heterocycles. The molecule has 0 spiro atoms. The predicted octanol–water partition coefficient (Wildman–Crippen LogP) is 2.31. The van der Waals surface area contributed by atoms with Crippen LogP contribution in [0.4, 0.5) is 0 Å². The predicted molar refractivity (Wildman–Crippen MR) is 102 cm³/mol. The number of aliphatic hydroxyl groups excluding tert-OH is 2. The van der Waals surface area contributed by atoms with Gasteiger partial charge in [-0.3, -0.25) is 4.79 Å². The standard InChI is InChI=1S/C19H21N3O3S/c1-3-15-11(2)26-19-16(15)17(21-10-22-19)12-5-4-6-13(7-12)18(25)20-8-14(24)9-23/h4-7,10,14,23-24H,3,8-9H2,1-2H3,(H,20,25). The summed E-state index contributed by atoms with van der Waals surface area (Å²) in [6.07, 6.45) is 1.48. The third kappa shape index (κ3) is 3.60. The van der Waals surface area contributed by atoms with E-state index in [-0.39, 0.29) is 12.5 Å². The Kier molecular flexibility index (Phi) is 5.61. The number of carbonyl (C=O) groups excluding carboxylic acids is 1. The second kappa shape index (κ2) is 7.90. The molecule has 1 aromatic carbocycles. The van der Waals surface area contributed by atoms with Crippen LogP contribution in [0.25, 0.3) is 21.5 Å². The molecule has 0 radical (unpaired) electrons. The van der Waals surface area contributed by atoms with Gasteiger partial charge in [0.2, 0.25) is 0 Å². The van der Waals surface area contributed by atoms with Crippen molar-refractivity contribution in [2.24, 2.45) is 0 Å². The summed E-state index contributed by atoms with van der Waals surface area (Å²) in [7, 11) is 0. The van der Waals surface area contributed by atoms with Gasteiger partial charge in [-0.25, -0.2) is 9.97 Å². The van der Waals surface area contributed by atoms with Crippen molar-refractivity contribution >= 4 is 27.5 Å². The number of fused-ring (bicyclic) bond motifs is 1. The average molecular weight is 371 g/mol. The summed E-state index contributed by atoms with van der Waals surface area (Å²) in [4.78, 5) is 23.4. The molecule has 0 aliphatic heterocycles. The normalized spacial score (nSPS) is 12.3. The van der Waals surface area contributed by atoms with Gasteiger partial charge in [-0.2, -0.15) is 0 Å². The number of nitrogens with zero attached hydrogens (tertiary/aromatic N) is 2. The summed E-state index contributed by atoms with van der Waals surface area (Å²) in [5.74, 6) is -0.304. The van der Waals surface area contributed by atoms with Gasteiger partial charge < -0.3 is 15.5 Å². The Labute approximate surface area is 155 Å². The fraction of sp³-hybridized carbons (Fsp3) is 0.316. The molecule has 7 heteroatoms. The van der Waals surface area contributed by atoms with E-state index in [0.717, 1.165) is 27.9 Å². The van der Waals surface area contributed by atoms with Crippen LogP contribution in [0.15, 0.2) is 30.6 Å². The van der Waals surface area contributed by atoms with Crippen LogP contribution in [0.1, 0.15) is 27.7 Å². The van der Waals surface area contributed by atoms with Crippen LogP contribution in [0.2, 0.25) is 0 Å². The molecule has 2 heterocycles. The third-order valence-electron chi connectivity index (χ3n) is 4.25. The molecule has 26 heavy (non-hydrogen) atoms. The molecule has 136 valence electrons. The Bertz CT molecular complexity index is 939. The van der Waals surface area contributed by atoms with Crippen LogP contribution < -0.4 is 5.32 Å². The molecule has 0 bridgehead atoms. The van der Waals surface area contributed by atoms with Crippen LogP contribution in [0.3, 0.4) is 0 Å². The maximum atomic E-state index is 12.3. The molecule has 1 unspecified atom stereocenters. The number of hydrogen-bond acceptors (Lipinski definition) is 6. The number of rotatable bonds is 6. The van der Waals surface area contributed by atoms with Gasteiger partial charge in [-0.1, -0.05) is 19.1 Å². The Balaban J connectivity index is 1.98. The smallest absolute Gasteiger partial charge is 0.251 e. The zero-order valence-corrected chi connectivity index (χ0v) is 15.5. The largest absolute Gasteiger partial charge is 0.394 e. The van der Waals surface area contributed by atoms with E-state index >= 15 is 0 Å². The lowest BCUT2D eigenvalue weighted by Gasteiger charge is -2.10. The number of aryl methyl sites for hydroxylation is 2. The summed E-state index contributed by atoms with van der Waals surface area (Å²) in [6.45, 7) is 3.81. The lowest BCUT2D eigenvalue weighted by Crippen LogP contribution is -2.33. The monoisotopic (exact) mass is 371 g/mol. The second-order valence-corrected chi connectivity index (χ2v) is 7.22. The molecule has 1 atom stereocenters. The first kappa shape index (κ1) is 18.4. The van der Waals surface area contributed by atoms with Gasteiger partial charge in [0.15, 0.2) is 0 Å². The van der Waals surface area contributed by atoms with E-state index in [9.17, 15) is 9.90 Å². The van der Waals surface area contributed by atoms with Crippen LogP contribution in [-0.4, -0.2) is 45.3 Å². The summed E-state index contributed by atoms with van der Waals surface area (Å²) in [6, 6.07) is 7.23. The third-order valence-corrected chi connectivity index (χ3v) is 5.31. The first-order valence-corrected chi connectivity index (χ1v) is 9.27. The lowest BCUT2D eigenvalue weighted by molar-refractivity contribution is 0.0802. The molecular formula is C19H21N3O3S. The van der Waals surface area contributed by atoms with Crippen molar-refractivity contribution in [3.8, 4) is 11.3 Å². The number of benzene rings is 1. The van der Waals surface area contributed by atoms with Crippen LogP contribution >= 0.6 is 11.3 Å². The highest BCUT2D eigenvalue weighted by atomic mass is 32.1. The van der Waals surface area contributed by atoms with E-state index in [1.165, 1.54) is 10.4 Å². The van der Waals surface area contributed by atoms with Crippen LogP contribution in [0.5, 0.6) is 0 Å². The summed E-state index contributed by atoms with van der Waals surface area (Å²) in [5, 5.41) is 21.9. The van der Waals surface area contributed by atoms with Gasteiger partial charge in [0.05, 0.1) is 18.4 Å². The molecule has 3 rings (SSSR count). The fourth-order valence-electron chi connectivity index (χ4n) is 2.93. The van der Waals surface area contributed by atoms with Crippen molar-refractivity contribution in [2.45, 2.75) is 26.4 Å². The van der Waals surface area contributed by atoms with Crippen LogP contribution in [-0.2, 0) is 6.42 Å². The zero-order chi connectivity index (χ0) is 18.7. The minimum Gasteiger partial charge on any atom is -0.394 e. The van der Waals surface area contributed by atoms with Crippen molar-refractivity contribution in [1.29, 1.82) is 0 Å². The van der Waals surface area contributed by atoms with Gasteiger partial charge in [-0.15, -0.1) is 11.3 Å². The Hall–Kier alpha value is -2.35. The van der Waals surface area contributed by atoms with Crippen molar-refractivity contribution in [3.63, 3.8) is 0 Å². The minimum atomic E-state index is -0.968.